The van der Waals surface area contributed by atoms with E-state index < -0.39 is 39.4 Å². The van der Waals surface area contributed by atoms with Crippen LogP contribution in [0.15, 0.2) is 23.1 Å². The minimum absolute atomic E-state index is 0. The average molecular weight is 526 g/mol. The van der Waals surface area contributed by atoms with Crippen LogP contribution in [0.25, 0.3) is 0 Å². The number of hydrogen-bond donors (Lipinski definition) is 3. The van der Waals surface area contributed by atoms with Crippen LogP contribution < -0.4 is 10.1 Å². The second kappa shape index (κ2) is 16.6. The van der Waals surface area contributed by atoms with Crippen LogP contribution in [0.2, 0.25) is 0 Å². The zero-order valence-electron chi connectivity index (χ0n) is 17.0. The molecule has 0 amide bonds. The Balaban J connectivity index is -0.000000526. The molecule has 11 heteroatoms. The molecular formula is C19H32FNO7SY. The summed E-state index contributed by atoms with van der Waals surface area (Å²) in [6.07, 6.45) is 2.06. The predicted molar refractivity (Wildman–Crippen MR) is 108 cm³/mol. The van der Waals surface area contributed by atoms with E-state index in [-0.39, 0.29) is 50.8 Å². The molecule has 2 unspecified atom stereocenters. The first-order chi connectivity index (χ1) is 12.9. The summed E-state index contributed by atoms with van der Waals surface area (Å²) in [5, 5.41) is 19.8. The maximum absolute atomic E-state index is 13.2. The molecule has 171 valence electrons. The maximum atomic E-state index is 13.2. The number of aliphatic carboxylic acids is 2. The van der Waals surface area contributed by atoms with Crippen LogP contribution in [0, 0.1) is 17.7 Å². The molecule has 0 aliphatic rings. The van der Waals surface area contributed by atoms with Crippen LogP contribution in [-0.4, -0.2) is 56.5 Å². The Hall–Kier alpha value is -1.10. The first-order valence-corrected chi connectivity index (χ1v) is 10.6. The zero-order valence-corrected chi connectivity index (χ0v) is 20.7. The normalized spacial score (nSPS) is 12.2. The molecular weight excluding hydrogens is 494 g/mol. The van der Waals surface area contributed by atoms with Crippen molar-refractivity contribution in [2.24, 2.45) is 11.8 Å². The third kappa shape index (κ3) is 14.0. The number of ether oxygens (including phenoxy) is 1. The number of nitrogens with one attached hydrogen (secondary N) is 1. The molecule has 1 aromatic carbocycles. The molecule has 0 aliphatic carbocycles. The molecule has 0 bridgehead atoms. The number of hydrogen-bond acceptors (Lipinski definition) is 6. The van der Waals surface area contributed by atoms with Gasteiger partial charge in [0.2, 0.25) is 0 Å². The third-order valence-electron chi connectivity index (χ3n) is 3.78. The second-order valence-corrected chi connectivity index (χ2v) is 8.26. The number of benzene rings is 1. The molecule has 1 aromatic rings. The minimum atomic E-state index is -3.42. The Kier molecular flexibility index (Phi) is 18.5. The summed E-state index contributed by atoms with van der Waals surface area (Å²) in [6.45, 7) is 6.70. The van der Waals surface area contributed by atoms with Gasteiger partial charge in [-0.25, -0.2) is 12.8 Å². The molecule has 0 aliphatic heterocycles. The molecule has 30 heavy (non-hydrogen) atoms. The number of halogens is 1. The fourth-order valence-electron chi connectivity index (χ4n) is 1.80. The van der Waals surface area contributed by atoms with Crippen LogP contribution >= 0.6 is 0 Å². The fourth-order valence-corrected chi connectivity index (χ4v) is 2.46. The Morgan fingerprint density at radius 3 is 2.00 bits per heavy atom. The van der Waals surface area contributed by atoms with E-state index >= 15 is 0 Å². The van der Waals surface area contributed by atoms with E-state index in [0.717, 1.165) is 25.3 Å². The largest absolute Gasteiger partial charge is 0.492 e. The quantitative estimate of drug-likeness (QED) is 0.397. The average Bonchev–Trinajstić information content (AvgIpc) is 2.59. The molecule has 2 atom stereocenters. The van der Waals surface area contributed by atoms with Crippen LogP contribution in [0.4, 0.5) is 4.39 Å². The van der Waals surface area contributed by atoms with Crippen LogP contribution in [0.1, 0.15) is 34.6 Å². The molecule has 0 saturated carbocycles. The number of sulfone groups is 1. The molecule has 0 aromatic heterocycles. The summed E-state index contributed by atoms with van der Waals surface area (Å²) in [5.41, 5.74) is 0. The summed E-state index contributed by atoms with van der Waals surface area (Å²) >= 11 is 0. The Morgan fingerprint density at radius 1 is 1.10 bits per heavy atom. The van der Waals surface area contributed by atoms with Crippen molar-refractivity contribution < 1.29 is 70.1 Å². The molecule has 0 saturated heterocycles. The first kappa shape index (κ1) is 33.5. The first-order valence-electron chi connectivity index (χ1n) is 8.69. The fraction of sp³-hybridized carbons (Fsp3) is 0.579. The van der Waals surface area contributed by atoms with Crippen LogP contribution in [0.3, 0.4) is 0 Å². The molecule has 0 spiro atoms. The van der Waals surface area contributed by atoms with E-state index in [2.05, 4.69) is 12.2 Å². The smallest absolute Gasteiger partial charge is 0.307 e. The Morgan fingerprint density at radius 2 is 1.60 bits per heavy atom. The molecule has 0 fully saturated rings. The van der Waals surface area contributed by atoms with Gasteiger partial charge in [0.1, 0.15) is 18.2 Å². The zero-order chi connectivity index (χ0) is 21.9. The van der Waals surface area contributed by atoms with Gasteiger partial charge in [-0.2, -0.15) is 0 Å². The number of carboxylic acid groups (broad SMARTS) is 2. The van der Waals surface area contributed by atoms with Crippen molar-refractivity contribution in [2.45, 2.75) is 39.5 Å². The van der Waals surface area contributed by atoms with Gasteiger partial charge in [0.15, 0.2) is 9.84 Å². The summed E-state index contributed by atoms with van der Waals surface area (Å²) in [5.74, 6) is -4.18. The van der Waals surface area contributed by atoms with E-state index in [1.54, 1.807) is 0 Å². The van der Waals surface area contributed by atoms with Crippen molar-refractivity contribution in [1.29, 1.82) is 0 Å². The van der Waals surface area contributed by atoms with Crippen molar-refractivity contribution in [3.63, 3.8) is 0 Å². The summed E-state index contributed by atoms with van der Waals surface area (Å²) < 4.78 is 41.2. The molecule has 0 heterocycles. The number of rotatable bonds is 10. The summed E-state index contributed by atoms with van der Waals surface area (Å²) in [7, 11) is -3.42. The molecule has 1 radical (unpaired) electrons. The molecule has 3 N–H and O–H groups in total. The SMILES string of the molecule is C.CC(C(=O)O)C(C)C(=O)O.CCCNCCOc1cc(F)cc(S(C)(=O)=O)c1.[Y]. The van der Waals surface area contributed by atoms with Gasteiger partial charge in [0, 0.05) is 51.6 Å². The van der Waals surface area contributed by atoms with Gasteiger partial charge >= 0.3 is 11.9 Å². The van der Waals surface area contributed by atoms with Gasteiger partial charge in [-0.1, -0.05) is 28.2 Å². The minimum Gasteiger partial charge on any atom is -0.492 e. The van der Waals surface area contributed by atoms with Crippen LogP contribution in [0.5, 0.6) is 5.75 Å². The van der Waals surface area contributed by atoms with Gasteiger partial charge in [0.05, 0.1) is 16.7 Å². The van der Waals surface area contributed by atoms with Crippen LogP contribution in [-0.2, 0) is 52.1 Å². The van der Waals surface area contributed by atoms with Gasteiger partial charge < -0.3 is 20.3 Å². The van der Waals surface area contributed by atoms with E-state index in [1.807, 2.05) is 0 Å². The summed E-state index contributed by atoms with van der Waals surface area (Å²) in [4.78, 5) is 20.3. The Labute approximate surface area is 203 Å². The van der Waals surface area contributed by atoms with E-state index in [9.17, 15) is 22.4 Å². The topological polar surface area (TPSA) is 130 Å². The van der Waals surface area contributed by atoms with Crippen molar-refractivity contribution in [3.8, 4) is 5.75 Å². The van der Waals surface area contributed by atoms with Gasteiger partial charge in [0.25, 0.3) is 0 Å². The standard InChI is InChI=1S/C12H18FNO3S.C6H10O4.CH4.Y/c1-3-4-14-5-6-17-11-7-10(13)8-12(9-11)18(2,15)16;1-3(5(7)8)4(2)6(9)10;;/h7-9,14H,3-6H2,1-2H3;3-4H,1-2H3,(H,7,8)(H,9,10);1H4;. The van der Waals surface area contributed by atoms with Crippen molar-refractivity contribution in [1.82, 2.24) is 5.32 Å². The van der Waals surface area contributed by atoms with E-state index in [0.29, 0.717) is 13.2 Å². The van der Waals surface area contributed by atoms with Crippen molar-refractivity contribution >= 4 is 21.8 Å². The van der Waals surface area contributed by atoms with Crippen molar-refractivity contribution in [3.05, 3.63) is 24.0 Å². The number of carboxylic acids is 2. The van der Waals surface area contributed by atoms with E-state index in [1.165, 1.54) is 26.0 Å². The second-order valence-electron chi connectivity index (χ2n) is 6.25. The van der Waals surface area contributed by atoms with Gasteiger partial charge in [-0.05, 0) is 25.1 Å². The predicted octanol–water partition coefficient (Wildman–Crippen LogP) is 2.67. The van der Waals surface area contributed by atoms with Gasteiger partial charge in [-0.15, -0.1) is 0 Å². The third-order valence-corrected chi connectivity index (χ3v) is 4.87. The molecule has 8 nitrogen and oxygen atoms in total. The summed E-state index contributed by atoms with van der Waals surface area (Å²) in [6, 6.07) is 3.49. The van der Waals surface area contributed by atoms with Gasteiger partial charge in [-0.3, -0.25) is 9.59 Å². The van der Waals surface area contributed by atoms with Crippen molar-refractivity contribution in [2.75, 3.05) is 26.0 Å². The molecule has 1 rings (SSSR count). The number of carbonyl (C=O) groups is 2. The Bertz CT molecular complexity index is 741. The monoisotopic (exact) mass is 526 g/mol. The van der Waals surface area contributed by atoms with E-state index in [4.69, 9.17) is 14.9 Å². The maximum Gasteiger partial charge on any atom is 0.307 e.